The fourth-order valence-electron chi connectivity index (χ4n) is 2.77. The molecule has 0 aromatic heterocycles. The molecule has 1 aliphatic heterocycles. The second kappa shape index (κ2) is 5.79. The summed E-state index contributed by atoms with van der Waals surface area (Å²) in [7, 11) is 0. The first kappa shape index (κ1) is 13.5. The maximum atomic E-state index is 12.2. The van der Waals surface area contributed by atoms with Crippen molar-refractivity contribution in [3.8, 4) is 0 Å². The van der Waals surface area contributed by atoms with E-state index in [1.807, 2.05) is 23.1 Å². The first-order valence-electron chi connectivity index (χ1n) is 6.58. The standard InChI is InChI=1S/C15H21NOS/c1-11(2)15(13-6-4-3-5-7-13)16-9-12(10-18)8-14(16)17/h3-7,11-12,15,18H,8-10H2,1-2H3. The second-order valence-corrected chi connectivity index (χ2v) is 5.76. The van der Waals surface area contributed by atoms with E-state index in [4.69, 9.17) is 0 Å². The quantitative estimate of drug-likeness (QED) is 0.827. The molecule has 1 fully saturated rings. The Hall–Kier alpha value is -0.960. The van der Waals surface area contributed by atoms with Crippen LogP contribution in [0.15, 0.2) is 30.3 Å². The van der Waals surface area contributed by atoms with Gasteiger partial charge < -0.3 is 4.90 Å². The van der Waals surface area contributed by atoms with Crippen molar-refractivity contribution in [3.63, 3.8) is 0 Å². The Morgan fingerprint density at radius 3 is 2.50 bits per heavy atom. The Morgan fingerprint density at radius 2 is 2.00 bits per heavy atom. The van der Waals surface area contributed by atoms with Gasteiger partial charge >= 0.3 is 0 Å². The van der Waals surface area contributed by atoms with E-state index in [2.05, 4.69) is 38.6 Å². The molecule has 1 amide bonds. The van der Waals surface area contributed by atoms with Gasteiger partial charge in [0.15, 0.2) is 0 Å². The average molecular weight is 263 g/mol. The van der Waals surface area contributed by atoms with Gasteiger partial charge in [-0.2, -0.15) is 12.6 Å². The van der Waals surface area contributed by atoms with Gasteiger partial charge in [0, 0.05) is 13.0 Å². The highest BCUT2D eigenvalue weighted by Gasteiger charge is 2.35. The van der Waals surface area contributed by atoms with Gasteiger partial charge in [0.2, 0.25) is 5.91 Å². The minimum absolute atomic E-state index is 0.198. The van der Waals surface area contributed by atoms with Gasteiger partial charge in [-0.3, -0.25) is 4.79 Å². The molecule has 2 atom stereocenters. The van der Waals surface area contributed by atoms with E-state index in [9.17, 15) is 4.79 Å². The Bertz CT molecular complexity index is 404. The van der Waals surface area contributed by atoms with Crippen LogP contribution in [0, 0.1) is 11.8 Å². The van der Waals surface area contributed by atoms with Crippen molar-refractivity contribution in [2.75, 3.05) is 12.3 Å². The number of likely N-dealkylation sites (tertiary alicyclic amines) is 1. The van der Waals surface area contributed by atoms with E-state index < -0.39 is 0 Å². The molecule has 0 radical (unpaired) electrons. The van der Waals surface area contributed by atoms with E-state index >= 15 is 0 Å². The van der Waals surface area contributed by atoms with Gasteiger partial charge in [0.25, 0.3) is 0 Å². The van der Waals surface area contributed by atoms with Crippen LogP contribution in [0.3, 0.4) is 0 Å². The van der Waals surface area contributed by atoms with Crippen molar-refractivity contribution >= 4 is 18.5 Å². The number of hydrogen-bond acceptors (Lipinski definition) is 2. The lowest BCUT2D eigenvalue weighted by Gasteiger charge is -2.32. The summed E-state index contributed by atoms with van der Waals surface area (Å²) < 4.78 is 0. The molecule has 0 aliphatic carbocycles. The van der Waals surface area contributed by atoms with Crippen molar-refractivity contribution in [1.82, 2.24) is 4.90 Å². The van der Waals surface area contributed by atoms with Crippen molar-refractivity contribution < 1.29 is 4.79 Å². The highest BCUT2D eigenvalue weighted by molar-refractivity contribution is 7.80. The van der Waals surface area contributed by atoms with E-state index in [1.165, 1.54) is 5.56 Å². The average Bonchev–Trinajstić information content (AvgIpc) is 2.72. The zero-order valence-electron chi connectivity index (χ0n) is 11.0. The predicted molar refractivity (Wildman–Crippen MR) is 77.7 cm³/mol. The van der Waals surface area contributed by atoms with Gasteiger partial charge in [-0.15, -0.1) is 0 Å². The van der Waals surface area contributed by atoms with Crippen LogP contribution in [-0.2, 0) is 4.79 Å². The maximum absolute atomic E-state index is 12.2. The summed E-state index contributed by atoms with van der Waals surface area (Å²) in [5.41, 5.74) is 1.24. The monoisotopic (exact) mass is 263 g/mol. The zero-order valence-corrected chi connectivity index (χ0v) is 11.9. The van der Waals surface area contributed by atoms with E-state index in [1.54, 1.807) is 0 Å². The van der Waals surface area contributed by atoms with Gasteiger partial charge in [-0.05, 0) is 23.2 Å². The fourth-order valence-corrected chi connectivity index (χ4v) is 3.02. The molecule has 0 N–H and O–H groups in total. The Balaban J connectivity index is 2.24. The molecular formula is C15H21NOS. The third kappa shape index (κ3) is 2.72. The van der Waals surface area contributed by atoms with E-state index in [-0.39, 0.29) is 11.9 Å². The van der Waals surface area contributed by atoms with Crippen molar-refractivity contribution in [2.24, 2.45) is 11.8 Å². The number of carbonyl (C=O) groups excluding carboxylic acids is 1. The van der Waals surface area contributed by atoms with Crippen LogP contribution in [0.2, 0.25) is 0 Å². The van der Waals surface area contributed by atoms with Gasteiger partial charge in [-0.1, -0.05) is 44.2 Å². The lowest BCUT2D eigenvalue weighted by Crippen LogP contribution is -2.33. The topological polar surface area (TPSA) is 20.3 Å². The molecular weight excluding hydrogens is 242 g/mol. The largest absolute Gasteiger partial charge is 0.335 e. The first-order chi connectivity index (χ1) is 8.63. The Kier molecular flexibility index (Phi) is 4.33. The van der Waals surface area contributed by atoms with Crippen molar-refractivity contribution in [3.05, 3.63) is 35.9 Å². The molecule has 0 spiro atoms. The van der Waals surface area contributed by atoms with Crippen molar-refractivity contribution in [2.45, 2.75) is 26.3 Å². The lowest BCUT2D eigenvalue weighted by atomic mass is 9.94. The Labute approximate surface area is 115 Å². The van der Waals surface area contributed by atoms with Crippen LogP contribution in [0.25, 0.3) is 0 Å². The van der Waals surface area contributed by atoms with Gasteiger partial charge in [0.05, 0.1) is 6.04 Å². The molecule has 98 valence electrons. The summed E-state index contributed by atoms with van der Waals surface area (Å²) in [4.78, 5) is 14.2. The molecule has 18 heavy (non-hydrogen) atoms. The number of rotatable bonds is 4. The molecule has 2 rings (SSSR count). The third-order valence-electron chi connectivity index (χ3n) is 3.61. The second-order valence-electron chi connectivity index (χ2n) is 5.40. The summed E-state index contributed by atoms with van der Waals surface area (Å²) in [6.45, 7) is 5.21. The normalized spacial score (nSPS) is 21.7. The molecule has 1 aromatic rings. The SMILES string of the molecule is CC(C)C(c1ccccc1)N1CC(CS)CC1=O. The number of amides is 1. The molecule has 1 aromatic carbocycles. The molecule has 0 saturated carbocycles. The summed E-state index contributed by atoms with van der Waals surface area (Å²) in [6.07, 6.45) is 0.652. The van der Waals surface area contributed by atoms with E-state index in [0.29, 0.717) is 18.3 Å². The first-order valence-corrected chi connectivity index (χ1v) is 7.22. The highest BCUT2D eigenvalue weighted by atomic mass is 32.1. The Morgan fingerprint density at radius 1 is 1.33 bits per heavy atom. The fraction of sp³-hybridized carbons (Fsp3) is 0.533. The molecule has 2 unspecified atom stereocenters. The molecule has 1 heterocycles. The minimum Gasteiger partial charge on any atom is -0.335 e. The molecule has 1 saturated heterocycles. The van der Waals surface area contributed by atoms with Crippen LogP contribution in [0.1, 0.15) is 31.9 Å². The number of benzene rings is 1. The maximum Gasteiger partial charge on any atom is 0.223 e. The van der Waals surface area contributed by atoms with Gasteiger partial charge in [0.1, 0.15) is 0 Å². The number of thiol groups is 1. The third-order valence-corrected chi connectivity index (χ3v) is 4.12. The van der Waals surface area contributed by atoms with Crippen LogP contribution in [0.4, 0.5) is 0 Å². The summed E-state index contributed by atoms with van der Waals surface area (Å²) in [5.74, 6) is 1.90. The lowest BCUT2D eigenvalue weighted by molar-refractivity contribution is -0.130. The van der Waals surface area contributed by atoms with Crippen LogP contribution >= 0.6 is 12.6 Å². The summed E-state index contributed by atoms with van der Waals surface area (Å²) in [5, 5.41) is 0. The summed E-state index contributed by atoms with van der Waals surface area (Å²) in [6, 6.07) is 10.5. The van der Waals surface area contributed by atoms with Crippen molar-refractivity contribution in [1.29, 1.82) is 0 Å². The van der Waals surface area contributed by atoms with Crippen LogP contribution < -0.4 is 0 Å². The predicted octanol–water partition coefficient (Wildman–Crippen LogP) is 3.16. The molecule has 0 bridgehead atoms. The van der Waals surface area contributed by atoms with Gasteiger partial charge in [-0.25, -0.2) is 0 Å². The molecule has 3 heteroatoms. The highest BCUT2D eigenvalue weighted by Crippen LogP contribution is 2.34. The minimum atomic E-state index is 0.198. The van der Waals surface area contributed by atoms with E-state index in [0.717, 1.165) is 12.3 Å². The summed E-state index contributed by atoms with van der Waals surface area (Å²) >= 11 is 4.33. The number of carbonyl (C=O) groups is 1. The smallest absolute Gasteiger partial charge is 0.223 e. The number of nitrogens with zero attached hydrogens (tertiary/aromatic N) is 1. The zero-order chi connectivity index (χ0) is 13.1. The van der Waals surface area contributed by atoms with Crippen LogP contribution in [-0.4, -0.2) is 23.1 Å². The number of hydrogen-bond donors (Lipinski definition) is 1. The molecule has 2 nitrogen and oxygen atoms in total. The van der Waals surface area contributed by atoms with Crippen LogP contribution in [0.5, 0.6) is 0 Å². The molecule has 1 aliphatic rings.